The van der Waals surface area contributed by atoms with Gasteiger partial charge in [-0.2, -0.15) is 30.7 Å². The number of esters is 1. The lowest BCUT2D eigenvalue weighted by molar-refractivity contribution is -0.361. The van der Waals surface area contributed by atoms with Crippen molar-refractivity contribution in [2.45, 2.75) is 95.9 Å². The molecule has 0 saturated heterocycles. The van der Waals surface area contributed by atoms with Crippen molar-refractivity contribution < 1.29 is 54.5 Å². The number of carbonyl (C=O) groups is 1. The van der Waals surface area contributed by atoms with E-state index in [1.54, 1.807) is 24.3 Å². The molecule has 49 heavy (non-hydrogen) atoms. The van der Waals surface area contributed by atoms with E-state index in [4.69, 9.17) is 14.2 Å². The van der Waals surface area contributed by atoms with Crippen molar-refractivity contribution in [2.75, 3.05) is 19.8 Å². The monoisotopic (exact) mass is 700 g/mol. The number of hydrogen-bond acceptors (Lipinski definition) is 5. The molecule has 12 heteroatoms. The lowest BCUT2D eigenvalue weighted by Crippen LogP contribution is -2.54. The number of ether oxygens (including phenoxy) is 4. The quantitative estimate of drug-likeness (QED) is 0.0479. The van der Waals surface area contributed by atoms with Crippen molar-refractivity contribution in [2.24, 2.45) is 0 Å². The normalized spacial score (nSPS) is 12.9. The number of hydrogen-bond donors (Lipinski definition) is 0. The van der Waals surface area contributed by atoms with Crippen LogP contribution in [0.15, 0.2) is 72.8 Å². The van der Waals surface area contributed by atoms with Gasteiger partial charge in [-0.3, -0.25) is 0 Å². The van der Waals surface area contributed by atoms with Gasteiger partial charge in [-0.05, 0) is 85.7 Å². The van der Waals surface area contributed by atoms with Gasteiger partial charge in [-0.15, -0.1) is 0 Å². The van der Waals surface area contributed by atoms with E-state index in [2.05, 4.69) is 18.6 Å². The van der Waals surface area contributed by atoms with E-state index >= 15 is 0 Å². The van der Waals surface area contributed by atoms with Crippen molar-refractivity contribution in [1.29, 1.82) is 0 Å². The van der Waals surface area contributed by atoms with Crippen LogP contribution in [-0.4, -0.2) is 49.9 Å². The average Bonchev–Trinajstić information content (AvgIpc) is 3.07. The van der Waals surface area contributed by atoms with E-state index in [-0.39, 0.29) is 19.1 Å². The summed E-state index contributed by atoms with van der Waals surface area (Å²) in [7, 11) is 0. The van der Waals surface area contributed by atoms with Gasteiger partial charge in [-0.25, -0.2) is 4.79 Å². The summed E-state index contributed by atoms with van der Waals surface area (Å²) in [6.07, 6.45) is 0.808. The first kappa shape index (κ1) is 39.8. The maximum atomic E-state index is 13.2. The van der Waals surface area contributed by atoms with Crippen molar-refractivity contribution in [1.82, 2.24) is 0 Å². The highest BCUT2D eigenvalue weighted by Crippen LogP contribution is 2.46. The van der Waals surface area contributed by atoms with Crippen LogP contribution in [0.1, 0.15) is 81.1 Å². The highest BCUT2D eigenvalue weighted by Gasteiger charge is 2.72. The molecule has 0 heterocycles. The molecule has 0 bridgehead atoms. The molecule has 3 aromatic carbocycles. The van der Waals surface area contributed by atoms with E-state index in [1.165, 1.54) is 37.8 Å². The first-order valence-electron chi connectivity index (χ1n) is 16.4. The zero-order valence-corrected chi connectivity index (χ0v) is 27.7. The fourth-order valence-electron chi connectivity index (χ4n) is 4.71. The Bertz CT molecular complexity index is 1390. The van der Waals surface area contributed by atoms with E-state index in [0.29, 0.717) is 36.5 Å². The summed E-state index contributed by atoms with van der Waals surface area (Å²) in [4.78, 5) is 12.6. The van der Waals surface area contributed by atoms with Crippen LogP contribution >= 0.6 is 0 Å². The van der Waals surface area contributed by atoms with Crippen molar-refractivity contribution in [3.63, 3.8) is 0 Å². The molecule has 0 N–H and O–H groups in total. The molecule has 0 unspecified atom stereocenters. The molecule has 3 rings (SSSR count). The van der Waals surface area contributed by atoms with Crippen LogP contribution in [0.4, 0.5) is 30.7 Å². The molecule has 3 aromatic rings. The van der Waals surface area contributed by atoms with Gasteiger partial charge in [0.05, 0.1) is 24.9 Å². The molecule has 0 saturated carbocycles. The Morgan fingerprint density at radius 1 is 0.694 bits per heavy atom. The van der Waals surface area contributed by atoms with Gasteiger partial charge in [0.15, 0.2) is 0 Å². The molecular formula is C37H43F7O5. The Labute approximate surface area is 282 Å². The van der Waals surface area contributed by atoms with Crippen LogP contribution in [0, 0.1) is 0 Å². The number of unbranched alkanes of at least 4 members (excludes halogenated alkanes) is 5. The summed E-state index contributed by atoms with van der Waals surface area (Å²) in [5.41, 5.74) is 3.40. The standard InChI is InChI=1S/C37H43F7O5/c1-3-4-5-7-10-27(2)48-25-28-11-13-29(14-12-28)30-15-21-33(22-16-30)49-34(45)31-17-19-32(20-18-31)47-24-9-6-8-23-46-26-35(38,39)36(40,41)37(42,43)44/h11-22,27H,3-10,23-26H2,1-2H3/t27-/m0/s1. The number of benzene rings is 3. The summed E-state index contributed by atoms with van der Waals surface area (Å²) < 4.78 is 110. The summed E-state index contributed by atoms with van der Waals surface area (Å²) >= 11 is 0. The number of carbonyl (C=O) groups excluding carboxylic acids is 1. The molecule has 0 radical (unpaired) electrons. The topological polar surface area (TPSA) is 54.0 Å². The van der Waals surface area contributed by atoms with Crippen LogP contribution in [0.3, 0.4) is 0 Å². The zero-order chi connectivity index (χ0) is 35.9. The van der Waals surface area contributed by atoms with Crippen LogP contribution in [-0.2, 0) is 16.1 Å². The van der Waals surface area contributed by atoms with Crippen LogP contribution in [0.5, 0.6) is 11.5 Å². The van der Waals surface area contributed by atoms with Gasteiger partial charge in [0.25, 0.3) is 0 Å². The first-order chi connectivity index (χ1) is 23.2. The molecular weight excluding hydrogens is 657 g/mol. The Balaban J connectivity index is 1.34. The Hall–Kier alpha value is -3.64. The number of alkyl halides is 7. The number of halogens is 7. The minimum Gasteiger partial charge on any atom is -0.494 e. The average molecular weight is 701 g/mol. The molecule has 0 spiro atoms. The predicted molar refractivity (Wildman–Crippen MR) is 172 cm³/mol. The summed E-state index contributed by atoms with van der Waals surface area (Å²) in [6.45, 7) is 2.64. The fourth-order valence-corrected chi connectivity index (χ4v) is 4.71. The third kappa shape index (κ3) is 12.6. The highest BCUT2D eigenvalue weighted by atomic mass is 19.4. The second kappa shape index (κ2) is 18.9. The first-order valence-corrected chi connectivity index (χ1v) is 16.4. The molecule has 0 aliphatic heterocycles. The molecule has 270 valence electrons. The smallest absolute Gasteiger partial charge is 0.459 e. The minimum atomic E-state index is -6.38. The summed E-state index contributed by atoms with van der Waals surface area (Å²) in [5.74, 6) is -11.3. The molecule has 0 aliphatic rings. The van der Waals surface area contributed by atoms with E-state index in [9.17, 15) is 35.5 Å². The van der Waals surface area contributed by atoms with Gasteiger partial charge in [0.1, 0.15) is 18.1 Å². The second-order valence-electron chi connectivity index (χ2n) is 11.8. The van der Waals surface area contributed by atoms with Gasteiger partial charge < -0.3 is 18.9 Å². The lowest BCUT2D eigenvalue weighted by Gasteiger charge is -2.27. The number of rotatable bonds is 21. The minimum absolute atomic E-state index is 0.156. The predicted octanol–water partition coefficient (Wildman–Crippen LogP) is 10.8. The molecule has 0 aromatic heterocycles. The van der Waals surface area contributed by atoms with Gasteiger partial charge in [0.2, 0.25) is 0 Å². The molecule has 0 fully saturated rings. The molecule has 1 atom stereocenters. The van der Waals surface area contributed by atoms with Gasteiger partial charge >= 0.3 is 24.0 Å². The largest absolute Gasteiger partial charge is 0.494 e. The van der Waals surface area contributed by atoms with E-state index in [1.807, 2.05) is 36.4 Å². The summed E-state index contributed by atoms with van der Waals surface area (Å²) in [6, 6.07) is 21.6. The maximum Gasteiger partial charge on any atom is 0.459 e. The van der Waals surface area contributed by atoms with Crippen molar-refractivity contribution in [3.05, 3.63) is 83.9 Å². The third-order valence-corrected chi connectivity index (χ3v) is 7.74. The maximum absolute atomic E-state index is 13.2. The summed E-state index contributed by atoms with van der Waals surface area (Å²) in [5, 5.41) is 0. The molecule has 5 nitrogen and oxygen atoms in total. The highest BCUT2D eigenvalue weighted by molar-refractivity contribution is 5.91. The van der Waals surface area contributed by atoms with Crippen molar-refractivity contribution >= 4 is 5.97 Å². The molecule has 0 amide bonds. The van der Waals surface area contributed by atoms with E-state index in [0.717, 1.165) is 23.1 Å². The third-order valence-electron chi connectivity index (χ3n) is 7.74. The van der Waals surface area contributed by atoms with Crippen LogP contribution in [0.2, 0.25) is 0 Å². The van der Waals surface area contributed by atoms with E-state index < -0.39 is 37.2 Å². The van der Waals surface area contributed by atoms with Gasteiger partial charge in [-0.1, -0.05) is 69.0 Å². The SMILES string of the molecule is CCCCCC[C@H](C)OCc1ccc(-c2ccc(OC(=O)c3ccc(OCCCCCOCC(F)(F)C(F)(F)C(F)(F)F)cc3)cc2)cc1. The lowest BCUT2D eigenvalue weighted by atomic mass is 10.0. The molecule has 0 aliphatic carbocycles. The van der Waals surface area contributed by atoms with Crippen molar-refractivity contribution in [3.8, 4) is 22.6 Å². The van der Waals surface area contributed by atoms with Crippen LogP contribution < -0.4 is 9.47 Å². The van der Waals surface area contributed by atoms with Gasteiger partial charge in [0, 0.05) is 6.61 Å². The van der Waals surface area contributed by atoms with Crippen LogP contribution in [0.25, 0.3) is 11.1 Å². The second-order valence-corrected chi connectivity index (χ2v) is 11.8. The fraction of sp³-hybridized carbons (Fsp3) is 0.486. The Kier molecular flexibility index (Phi) is 15.4. The zero-order valence-electron chi connectivity index (χ0n) is 27.7. The Morgan fingerprint density at radius 3 is 1.88 bits per heavy atom. The Morgan fingerprint density at radius 2 is 1.27 bits per heavy atom.